The molecule has 2 aliphatic carbocycles. The molecular weight excluding hydrogens is 460 g/mol. The highest BCUT2D eigenvalue weighted by molar-refractivity contribution is 5.89. The van der Waals surface area contributed by atoms with Crippen molar-refractivity contribution in [3.8, 4) is 11.1 Å². The molecule has 0 heterocycles. The standard InChI is InChI=1S/C37H52O/c1-6-13-33(38)17-11-9-7-8-10-14-28-18-20-29(21-19-28)30-15-12-16-31(26-30)32-22-23-34-35(27-32)37(4,5)25-24-36(34,2)3/h11-12,15-17,22-23,26-29H,6-10,13-14,18-21,24-25H2,1-5H3/b17-11-. The third kappa shape index (κ3) is 7.28. The van der Waals surface area contributed by atoms with E-state index >= 15 is 0 Å². The maximum absolute atomic E-state index is 11.6. The Kier molecular flexibility index (Phi) is 9.72. The van der Waals surface area contributed by atoms with Crippen LogP contribution >= 0.6 is 0 Å². The zero-order valence-electron chi connectivity index (χ0n) is 25.0. The Morgan fingerprint density at radius 2 is 1.55 bits per heavy atom. The summed E-state index contributed by atoms with van der Waals surface area (Å²) in [5.74, 6) is 1.90. The van der Waals surface area contributed by atoms with Crippen molar-refractivity contribution in [2.45, 2.75) is 135 Å². The van der Waals surface area contributed by atoms with Gasteiger partial charge in [-0.15, -0.1) is 0 Å². The summed E-state index contributed by atoms with van der Waals surface area (Å²) in [5.41, 5.74) is 7.94. The molecule has 0 unspecified atom stereocenters. The van der Waals surface area contributed by atoms with E-state index in [1.54, 1.807) is 22.8 Å². The number of fused-ring (bicyclic) bond motifs is 1. The fourth-order valence-corrected chi connectivity index (χ4v) is 6.94. The van der Waals surface area contributed by atoms with Gasteiger partial charge in [0.25, 0.3) is 0 Å². The molecule has 38 heavy (non-hydrogen) atoms. The number of hydrogen-bond acceptors (Lipinski definition) is 1. The first-order valence-corrected chi connectivity index (χ1v) is 15.6. The molecule has 4 rings (SSSR count). The number of carbonyl (C=O) groups excluding carboxylic acids is 1. The van der Waals surface area contributed by atoms with Crippen LogP contribution in [0.4, 0.5) is 0 Å². The number of ketones is 1. The minimum Gasteiger partial charge on any atom is -0.295 e. The predicted molar refractivity (Wildman–Crippen MR) is 164 cm³/mol. The molecule has 1 nitrogen and oxygen atoms in total. The number of unbranched alkanes of at least 4 members (excludes halogenated alkanes) is 3. The monoisotopic (exact) mass is 512 g/mol. The maximum Gasteiger partial charge on any atom is 0.155 e. The number of hydrogen-bond donors (Lipinski definition) is 0. The molecule has 0 aliphatic heterocycles. The van der Waals surface area contributed by atoms with Gasteiger partial charge in [-0.1, -0.05) is 102 Å². The molecule has 0 radical (unpaired) electrons. The van der Waals surface area contributed by atoms with Crippen LogP contribution in [0.2, 0.25) is 0 Å². The minimum atomic E-state index is 0.251. The minimum absolute atomic E-state index is 0.251. The van der Waals surface area contributed by atoms with Crippen molar-refractivity contribution in [1.29, 1.82) is 0 Å². The van der Waals surface area contributed by atoms with E-state index in [4.69, 9.17) is 0 Å². The van der Waals surface area contributed by atoms with Gasteiger partial charge in [0.15, 0.2) is 5.78 Å². The third-order valence-electron chi connectivity index (χ3n) is 9.67. The quantitative estimate of drug-likeness (QED) is 0.216. The number of carbonyl (C=O) groups is 1. The van der Waals surface area contributed by atoms with Crippen molar-refractivity contribution in [2.24, 2.45) is 5.92 Å². The van der Waals surface area contributed by atoms with Gasteiger partial charge in [-0.3, -0.25) is 4.79 Å². The Morgan fingerprint density at radius 1 is 0.842 bits per heavy atom. The highest BCUT2D eigenvalue weighted by atomic mass is 16.1. The zero-order valence-corrected chi connectivity index (χ0v) is 25.0. The summed E-state index contributed by atoms with van der Waals surface area (Å²) in [5, 5.41) is 0. The molecule has 1 fully saturated rings. The smallest absolute Gasteiger partial charge is 0.155 e. The number of benzene rings is 2. The molecule has 0 spiro atoms. The Bertz CT molecular complexity index is 1090. The van der Waals surface area contributed by atoms with Crippen LogP contribution in [0, 0.1) is 5.92 Å². The Morgan fingerprint density at radius 3 is 2.29 bits per heavy atom. The summed E-state index contributed by atoms with van der Waals surface area (Å²) < 4.78 is 0. The molecule has 2 aromatic carbocycles. The van der Waals surface area contributed by atoms with Gasteiger partial charge in [-0.2, -0.15) is 0 Å². The van der Waals surface area contributed by atoms with E-state index < -0.39 is 0 Å². The molecule has 0 amide bonds. The molecule has 0 saturated heterocycles. The van der Waals surface area contributed by atoms with Crippen LogP contribution in [0.15, 0.2) is 54.6 Å². The Hall–Kier alpha value is -2.15. The largest absolute Gasteiger partial charge is 0.295 e. The molecule has 0 aromatic heterocycles. The van der Waals surface area contributed by atoms with Crippen LogP contribution in [0.3, 0.4) is 0 Å². The van der Waals surface area contributed by atoms with Crippen LogP contribution in [0.5, 0.6) is 0 Å². The lowest BCUT2D eigenvalue weighted by Crippen LogP contribution is -2.33. The lowest BCUT2D eigenvalue weighted by Gasteiger charge is -2.42. The molecular formula is C37H52O. The van der Waals surface area contributed by atoms with E-state index in [-0.39, 0.29) is 16.6 Å². The second kappa shape index (κ2) is 12.8. The SMILES string of the molecule is CCCC(=O)/C=C\CCCCCC1CCC(c2cccc(-c3ccc4c(c3)C(C)(C)CCC4(C)C)c2)CC1. The first-order valence-electron chi connectivity index (χ1n) is 15.6. The van der Waals surface area contributed by atoms with Crippen LogP contribution < -0.4 is 0 Å². The first kappa shape index (κ1) is 28.8. The Balaban J connectivity index is 1.28. The van der Waals surface area contributed by atoms with Crippen molar-refractivity contribution < 1.29 is 4.79 Å². The van der Waals surface area contributed by atoms with Crippen molar-refractivity contribution in [2.75, 3.05) is 0 Å². The van der Waals surface area contributed by atoms with Gasteiger partial charge in [-0.05, 0) is 114 Å². The van der Waals surface area contributed by atoms with E-state index in [0.29, 0.717) is 12.3 Å². The highest BCUT2D eigenvalue weighted by Gasteiger charge is 2.37. The number of allylic oxidation sites excluding steroid dienone is 2. The van der Waals surface area contributed by atoms with Crippen LogP contribution in [-0.2, 0) is 15.6 Å². The van der Waals surface area contributed by atoms with Gasteiger partial charge in [0.05, 0.1) is 0 Å². The zero-order chi connectivity index (χ0) is 27.2. The molecule has 2 aliphatic rings. The topological polar surface area (TPSA) is 17.1 Å². The fraction of sp³-hybridized carbons (Fsp3) is 0.595. The Labute approximate surface area is 233 Å². The van der Waals surface area contributed by atoms with Crippen LogP contribution in [-0.4, -0.2) is 5.78 Å². The third-order valence-corrected chi connectivity index (χ3v) is 9.67. The van der Waals surface area contributed by atoms with Gasteiger partial charge in [0, 0.05) is 6.42 Å². The van der Waals surface area contributed by atoms with E-state index in [1.165, 1.54) is 75.3 Å². The molecule has 206 valence electrons. The lowest BCUT2D eigenvalue weighted by molar-refractivity contribution is -0.114. The average molecular weight is 513 g/mol. The van der Waals surface area contributed by atoms with Crippen LogP contribution in [0.1, 0.15) is 141 Å². The summed E-state index contributed by atoms with van der Waals surface area (Å²) in [6.45, 7) is 11.7. The predicted octanol–water partition coefficient (Wildman–Crippen LogP) is 10.9. The molecule has 1 saturated carbocycles. The first-order chi connectivity index (χ1) is 18.2. The summed E-state index contributed by atoms with van der Waals surface area (Å²) in [6, 6.07) is 16.8. The summed E-state index contributed by atoms with van der Waals surface area (Å²) >= 11 is 0. The molecule has 0 atom stereocenters. The second-order valence-electron chi connectivity index (χ2n) is 13.6. The van der Waals surface area contributed by atoms with E-state index in [2.05, 4.69) is 83.2 Å². The van der Waals surface area contributed by atoms with E-state index in [0.717, 1.165) is 18.8 Å². The highest BCUT2D eigenvalue weighted by Crippen LogP contribution is 2.47. The number of rotatable bonds is 11. The van der Waals surface area contributed by atoms with Gasteiger partial charge in [-0.25, -0.2) is 0 Å². The molecule has 2 aromatic rings. The summed E-state index contributed by atoms with van der Waals surface area (Å²) in [6.07, 6.45) is 19.8. The second-order valence-corrected chi connectivity index (χ2v) is 13.6. The average Bonchev–Trinajstić information content (AvgIpc) is 2.91. The van der Waals surface area contributed by atoms with Crippen molar-refractivity contribution >= 4 is 5.78 Å². The van der Waals surface area contributed by atoms with Crippen molar-refractivity contribution in [1.82, 2.24) is 0 Å². The van der Waals surface area contributed by atoms with Crippen molar-refractivity contribution in [3.63, 3.8) is 0 Å². The fourth-order valence-electron chi connectivity index (χ4n) is 6.94. The lowest BCUT2D eigenvalue weighted by atomic mass is 9.63. The van der Waals surface area contributed by atoms with Gasteiger partial charge in [0.2, 0.25) is 0 Å². The molecule has 0 bridgehead atoms. The normalized spacial score (nSPS) is 22.3. The maximum atomic E-state index is 11.6. The molecule has 1 heteroatoms. The van der Waals surface area contributed by atoms with Gasteiger partial charge in [0.1, 0.15) is 0 Å². The molecule has 0 N–H and O–H groups in total. The van der Waals surface area contributed by atoms with E-state index in [1.807, 2.05) is 0 Å². The van der Waals surface area contributed by atoms with E-state index in [9.17, 15) is 4.79 Å². The summed E-state index contributed by atoms with van der Waals surface area (Å²) in [4.78, 5) is 11.6. The van der Waals surface area contributed by atoms with Gasteiger partial charge >= 0.3 is 0 Å². The van der Waals surface area contributed by atoms with Crippen LogP contribution in [0.25, 0.3) is 11.1 Å². The van der Waals surface area contributed by atoms with Gasteiger partial charge < -0.3 is 0 Å². The van der Waals surface area contributed by atoms with Crippen molar-refractivity contribution in [3.05, 3.63) is 71.3 Å². The summed E-state index contributed by atoms with van der Waals surface area (Å²) in [7, 11) is 0.